The van der Waals surface area contributed by atoms with Crippen LogP contribution in [0.4, 0.5) is 4.39 Å². The number of benzene rings is 1. The molecule has 0 radical (unpaired) electrons. The van der Waals surface area contributed by atoms with Gasteiger partial charge < -0.3 is 15.2 Å². The smallest absolute Gasteiger partial charge is 0.255 e. The maximum atomic E-state index is 13.5. The summed E-state index contributed by atoms with van der Waals surface area (Å²) in [5, 5.41) is 14.8. The Bertz CT molecular complexity index is 724. The van der Waals surface area contributed by atoms with Gasteiger partial charge in [-0.1, -0.05) is 6.07 Å². The van der Waals surface area contributed by atoms with Crippen molar-refractivity contribution in [1.82, 2.24) is 5.32 Å². The molecule has 2 N–H and O–H groups in total. The molecule has 0 unspecified atom stereocenters. The monoisotopic (exact) mass is 363 g/mol. The van der Waals surface area contributed by atoms with Crippen LogP contribution in [0, 0.1) is 5.82 Å². The van der Waals surface area contributed by atoms with E-state index in [4.69, 9.17) is 4.74 Å². The maximum Gasteiger partial charge on any atom is 0.255 e. The number of ether oxygens (including phenoxy) is 1. The number of methoxy groups -OCH3 is 1. The zero-order valence-corrected chi connectivity index (χ0v) is 14.9. The van der Waals surface area contributed by atoms with Crippen LogP contribution in [-0.2, 0) is 5.41 Å². The molecule has 1 aromatic carbocycles. The van der Waals surface area contributed by atoms with E-state index in [0.29, 0.717) is 12.3 Å². The molecule has 4 nitrogen and oxygen atoms in total. The van der Waals surface area contributed by atoms with Gasteiger partial charge in [0.15, 0.2) is 0 Å². The first-order valence-corrected chi connectivity index (χ1v) is 9.26. The normalized spacial score (nSPS) is 23.2. The van der Waals surface area contributed by atoms with Crippen LogP contribution in [0.1, 0.15) is 40.9 Å². The van der Waals surface area contributed by atoms with E-state index in [9.17, 15) is 14.3 Å². The molecule has 3 rings (SSSR count). The number of aliphatic hydroxyl groups excluding tert-OH is 1. The fraction of sp³-hybridized carbons (Fsp3) is 0.421. The van der Waals surface area contributed by atoms with E-state index in [-0.39, 0.29) is 23.0 Å². The number of aliphatic hydroxyl groups is 1. The predicted molar refractivity (Wildman–Crippen MR) is 95.8 cm³/mol. The molecule has 2 aromatic rings. The van der Waals surface area contributed by atoms with Gasteiger partial charge in [-0.05, 0) is 55.3 Å². The van der Waals surface area contributed by atoms with Gasteiger partial charge in [0.25, 0.3) is 5.91 Å². The largest absolute Gasteiger partial charge is 0.496 e. The topological polar surface area (TPSA) is 58.6 Å². The zero-order valence-electron chi connectivity index (χ0n) is 14.1. The van der Waals surface area contributed by atoms with Gasteiger partial charge in [-0.2, -0.15) is 0 Å². The highest BCUT2D eigenvalue weighted by Crippen LogP contribution is 2.41. The summed E-state index contributed by atoms with van der Waals surface area (Å²) in [6.45, 7) is 0.457. The fourth-order valence-corrected chi connectivity index (χ4v) is 4.44. The maximum absolute atomic E-state index is 13.5. The Morgan fingerprint density at radius 1 is 1.40 bits per heavy atom. The number of nitrogens with one attached hydrogen (secondary N) is 1. The number of thiophene rings is 1. The highest BCUT2D eigenvalue weighted by Gasteiger charge is 2.37. The van der Waals surface area contributed by atoms with E-state index in [1.807, 2.05) is 11.4 Å². The lowest BCUT2D eigenvalue weighted by Gasteiger charge is -2.38. The average Bonchev–Trinajstić information content (AvgIpc) is 3.16. The minimum atomic E-state index is -0.472. The van der Waals surface area contributed by atoms with Crippen LogP contribution >= 0.6 is 11.3 Å². The summed E-state index contributed by atoms with van der Waals surface area (Å²) in [6, 6.07) is 8.00. The van der Waals surface area contributed by atoms with Crippen LogP contribution in [-0.4, -0.2) is 30.8 Å². The Labute approximate surface area is 150 Å². The van der Waals surface area contributed by atoms with Crippen molar-refractivity contribution >= 4 is 17.2 Å². The van der Waals surface area contributed by atoms with Gasteiger partial charge in [0.2, 0.25) is 0 Å². The number of hydrogen-bond acceptors (Lipinski definition) is 4. The first-order valence-electron chi connectivity index (χ1n) is 8.38. The van der Waals surface area contributed by atoms with Gasteiger partial charge in [0, 0.05) is 16.8 Å². The number of carbonyl (C=O) groups is 1. The van der Waals surface area contributed by atoms with Gasteiger partial charge in [-0.3, -0.25) is 4.79 Å². The lowest BCUT2D eigenvalue weighted by atomic mass is 9.72. The summed E-state index contributed by atoms with van der Waals surface area (Å²) in [7, 11) is 1.46. The van der Waals surface area contributed by atoms with Gasteiger partial charge >= 0.3 is 0 Å². The molecule has 1 saturated carbocycles. The van der Waals surface area contributed by atoms with Crippen LogP contribution < -0.4 is 10.1 Å². The van der Waals surface area contributed by atoms with E-state index >= 15 is 0 Å². The summed E-state index contributed by atoms with van der Waals surface area (Å²) in [5.41, 5.74) is 0.0172. The molecule has 0 spiro atoms. The van der Waals surface area contributed by atoms with E-state index in [0.717, 1.165) is 25.7 Å². The Kier molecular flexibility index (Phi) is 5.39. The van der Waals surface area contributed by atoms with Crippen LogP contribution in [0.15, 0.2) is 35.7 Å². The van der Waals surface area contributed by atoms with Gasteiger partial charge in [-0.25, -0.2) is 4.39 Å². The van der Waals surface area contributed by atoms with Crippen LogP contribution in [0.2, 0.25) is 0 Å². The summed E-state index contributed by atoms with van der Waals surface area (Å²) in [5.74, 6) is -0.471. The number of halogens is 1. The molecule has 1 amide bonds. The second-order valence-electron chi connectivity index (χ2n) is 6.52. The van der Waals surface area contributed by atoms with Gasteiger partial charge in [-0.15, -0.1) is 11.3 Å². The van der Waals surface area contributed by atoms with E-state index < -0.39 is 5.82 Å². The molecule has 1 aliphatic rings. The van der Waals surface area contributed by atoms with Crippen LogP contribution in [0.5, 0.6) is 5.75 Å². The molecule has 1 aromatic heterocycles. The summed E-state index contributed by atoms with van der Waals surface area (Å²) in [4.78, 5) is 13.8. The summed E-state index contributed by atoms with van der Waals surface area (Å²) < 4.78 is 18.7. The van der Waals surface area contributed by atoms with Crippen molar-refractivity contribution in [3.05, 3.63) is 52.0 Å². The molecule has 0 aliphatic heterocycles. The minimum Gasteiger partial charge on any atom is -0.496 e. The molecule has 25 heavy (non-hydrogen) atoms. The number of carbonyl (C=O) groups excluding carboxylic acids is 1. The Morgan fingerprint density at radius 2 is 2.16 bits per heavy atom. The predicted octanol–water partition coefficient (Wildman–Crippen LogP) is 3.50. The Hall–Kier alpha value is -1.92. The fourth-order valence-electron chi connectivity index (χ4n) is 3.45. The number of rotatable bonds is 5. The first-order chi connectivity index (χ1) is 12.0. The Morgan fingerprint density at radius 3 is 2.80 bits per heavy atom. The molecule has 1 aliphatic carbocycles. The molecule has 0 bridgehead atoms. The lowest BCUT2D eigenvalue weighted by Crippen LogP contribution is -2.43. The van der Waals surface area contributed by atoms with Crippen molar-refractivity contribution in [2.75, 3.05) is 13.7 Å². The zero-order chi connectivity index (χ0) is 17.9. The third-order valence-electron chi connectivity index (χ3n) is 4.95. The Balaban J connectivity index is 1.78. The quantitative estimate of drug-likeness (QED) is 0.855. The summed E-state index contributed by atoms with van der Waals surface area (Å²) in [6.07, 6.45) is 2.80. The van der Waals surface area contributed by atoms with E-state index in [1.54, 1.807) is 11.3 Å². The molecule has 134 valence electrons. The highest BCUT2D eigenvalue weighted by atomic mass is 32.1. The second kappa shape index (κ2) is 7.54. The molecule has 0 saturated heterocycles. The van der Waals surface area contributed by atoms with E-state index in [1.165, 1.54) is 30.2 Å². The van der Waals surface area contributed by atoms with Crippen molar-refractivity contribution in [2.24, 2.45) is 0 Å². The van der Waals surface area contributed by atoms with Crippen molar-refractivity contribution < 1.29 is 19.0 Å². The molecule has 6 heteroatoms. The van der Waals surface area contributed by atoms with Crippen molar-refractivity contribution in [2.45, 2.75) is 37.2 Å². The molecule has 0 atom stereocenters. The van der Waals surface area contributed by atoms with Crippen LogP contribution in [0.3, 0.4) is 0 Å². The molecular weight excluding hydrogens is 341 g/mol. The van der Waals surface area contributed by atoms with Gasteiger partial charge in [0.1, 0.15) is 11.6 Å². The van der Waals surface area contributed by atoms with Crippen molar-refractivity contribution in [1.29, 1.82) is 0 Å². The standard InChI is InChI=1S/C19H22FNO3S/c1-24-16-5-4-13(20)11-15(16)18(23)21-12-19(17-3-2-10-25-17)8-6-14(22)7-9-19/h2-5,10-11,14,22H,6-9,12H2,1H3,(H,21,23). The van der Waals surface area contributed by atoms with Crippen LogP contribution in [0.25, 0.3) is 0 Å². The third-order valence-corrected chi connectivity index (χ3v) is 6.07. The van der Waals surface area contributed by atoms with Gasteiger partial charge in [0.05, 0.1) is 18.8 Å². The third kappa shape index (κ3) is 3.85. The number of amides is 1. The minimum absolute atomic E-state index is 0.177. The van der Waals surface area contributed by atoms with Crippen molar-refractivity contribution in [3.63, 3.8) is 0 Å². The second-order valence-corrected chi connectivity index (χ2v) is 7.46. The highest BCUT2D eigenvalue weighted by molar-refractivity contribution is 7.10. The SMILES string of the molecule is COc1ccc(F)cc1C(=O)NCC1(c2cccs2)CCC(O)CC1. The molecule has 1 fully saturated rings. The molecular formula is C19H22FNO3S. The lowest BCUT2D eigenvalue weighted by molar-refractivity contribution is 0.0856. The molecule has 1 heterocycles. The first kappa shape index (κ1) is 17.9. The summed E-state index contributed by atoms with van der Waals surface area (Å²) >= 11 is 1.67. The van der Waals surface area contributed by atoms with Crippen molar-refractivity contribution in [3.8, 4) is 5.75 Å². The average molecular weight is 363 g/mol. The van der Waals surface area contributed by atoms with E-state index in [2.05, 4.69) is 11.4 Å². The number of hydrogen-bond donors (Lipinski definition) is 2.